The number of phenols is 2. The first-order valence-corrected chi connectivity index (χ1v) is 8.70. The van der Waals surface area contributed by atoms with Crippen molar-refractivity contribution >= 4 is 34.5 Å². The van der Waals surface area contributed by atoms with Gasteiger partial charge in [0.15, 0.2) is 23.7 Å². The van der Waals surface area contributed by atoms with Crippen LogP contribution in [0.2, 0.25) is 0 Å². The van der Waals surface area contributed by atoms with Crippen molar-refractivity contribution in [2.45, 2.75) is 13.8 Å². The second kappa shape index (κ2) is 8.04. The van der Waals surface area contributed by atoms with Crippen molar-refractivity contribution in [3.8, 4) is 11.5 Å². The van der Waals surface area contributed by atoms with E-state index in [4.69, 9.17) is 8.83 Å². The topological polar surface area (TPSA) is 135 Å². The number of benzene rings is 2. The van der Waals surface area contributed by atoms with Crippen LogP contribution < -0.4 is 11.3 Å². The average Bonchev–Trinajstić information content (AvgIpc) is 2.68. The van der Waals surface area contributed by atoms with Crippen LogP contribution in [0.4, 0.5) is 0 Å². The summed E-state index contributed by atoms with van der Waals surface area (Å²) >= 11 is 0. The SMILES string of the molecule is Cc1cc(=O)oc2c(C=O)c(O)ccc12.Cc1cc(=O)oc2c(C=O)c(O)ccc12. The van der Waals surface area contributed by atoms with E-state index in [-0.39, 0.29) is 33.8 Å². The molecule has 2 heterocycles. The van der Waals surface area contributed by atoms with Gasteiger partial charge < -0.3 is 19.0 Å². The Morgan fingerprint density at radius 2 is 1.07 bits per heavy atom. The summed E-state index contributed by atoms with van der Waals surface area (Å²) in [5, 5.41) is 20.1. The summed E-state index contributed by atoms with van der Waals surface area (Å²) in [6.07, 6.45) is 0.945. The molecule has 0 radical (unpaired) electrons. The lowest BCUT2D eigenvalue weighted by molar-refractivity contribution is 0.111. The van der Waals surface area contributed by atoms with Crippen LogP contribution in [-0.4, -0.2) is 22.8 Å². The number of aldehydes is 2. The zero-order valence-electron chi connectivity index (χ0n) is 16.0. The van der Waals surface area contributed by atoms with Gasteiger partial charge in [-0.25, -0.2) is 9.59 Å². The number of hydrogen-bond acceptors (Lipinski definition) is 8. The minimum absolute atomic E-state index is 0.00769. The Bertz CT molecular complexity index is 1300. The quantitative estimate of drug-likeness (QED) is 0.381. The molecule has 0 aliphatic rings. The molecule has 0 saturated carbocycles. The fourth-order valence-corrected chi connectivity index (χ4v) is 3.02. The lowest BCUT2D eigenvalue weighted by Crippen LogP contribution is -1.99. The lowest BCUT2D eigenvalue weighted by atomic mass is 10.1. The highest BCUT2D eigenvalue weighted by molar-refractivity contribution is 5.99. The Kier molecular flexibility index (Phi) is 5.50. The van der Waals surface area contributed by atoms with E-state index >= 15 is 0 Å². The van der Waals surface area contributed by atoms with Crippen molar-refractivity contribution in [2.24, 2.45) is 0 Å². The maximum absolute atomic E-state index is 11.1. The van der Waals surface area contributed by atoms with Gasteiger partial charge in [0.1, 0.15) is 11.5 Å². The van der Waals surface area contributed by atoms with E-state index in [1.807, 2.05) is 0 Å². The summed E-state index contributed by atoms with van der Waals surface area (Å²) < 4.78 is 9.80. The molecule has 0 aliphatic heterocycles. The van der Waals surface area contributed by atoms with Gasteiger partial charge in [-0.3, -0.25) is 9.59 Å². The first-order valence-electron chi connectivity index (χ1n) is 8.70. The van der Waals surface area contributed by atoms with E-state index in [0.717, 1.165) is 0 Å². The summed E-state index contributed by atoms with van der Waals surface area (Å²) in [5.74, 6) is -0.377. The molecule has 2 aromatic carbocycles. The number of phenolic OH excluding ortho intramolecular Hbond substituents is 2. The molecule has 0 aliphatic carbocycles. The van der Waals surface area contributed by atoms with Crippen molar-refractivity contribution in [1.29, 1.82) is 0 Å². The standard InChI is InChI=1S/2C11H8O4/c2*1-6-4-10(14)15-11-7(6)2-3-9(13)8(11)5-12/h2*2-5,13H,1H3. The number of carbonyl (C=O) groups is 2. The Morgan fingerprint density at radius 1 is 0.700 bits per heavy atom. The molecular weight excluding hydrogens is 392 g/mol. The minimum atomic E-state index is -0.534. The molecule has 2 aromatic heterocycles. The van der Waals surface area contributed by atoms with Gasteiger partial charge in [-0.2, -0.15) is 0 Å². The second-order valence-electron chi connectivity index (χ2n) is 6.48. The van der Waals surface area contributed by atoms with Crippen molar-refractivity contribution in [3.63, 3.8) is 0 Å². The Morgan fingerprint density at radius 3 is 1.40 bits per heavy atom. The molecule has 8 nitrogen and oxygen atoms in total. The Hall–Kier alpha value is -4.20. The molecule has 152 valence electrons. The van der Waals surface area contributed by atoms with Crippen LogP contribution in [0.25, 0.3) is 21.9 Å². The maximum atomic E-state index is 11.1. The molecule has 0 amide bonds. The van der Waals surface area contributed by atoms with E-state index < -0.39 is 11.3 Å². The smallest absolute Gasteiger partial charge is 0.336 e. The molecule has 0 atom stereocenters. The molecule has 4 aromatic rings. The van der Waals surface area contributed by atoms with Crippen LogP contribution in [0, 0.1) is 13.8 Å². The number of aryl methyl sites for hydroxylation is 2. The van der Waals surface area contributed by atoms with Crippen LogP contribution in [0.1, 0.15) is 31.8 Å². The summed E-state index contributed by atoms with van der Waals surface area (Å²) in [6.45, 7) is 3.48. The fraction of sp³-hybridized carbons (Fsp3) is 0.0909. The summed E-state index contributed by atoms with van der Waals surface area (Å²) in [5.41, 5.74) is 0.641. The normalized spacial score (nSPS) is 10.5. The number of fused-ring (bicyclic) bond motifs is 2. The predicted octanol–water partition coefficient (Wildman–Crippen LogP) is 3.24. The third-order valence-corrected chi connectivity index (χ3v) is 4.51. The van der Waals surface area contributed by atoms with Crippen LogP contribution in [-0.2, 0) is 0 Å². The number of hydrogen-bond donors (Lipinski definition) is 2. The highest BCUT2D eigenvalue weighted by atomic mass is 16.4. The first-order chi connectivity index (χ1) is 14.3. The molecule has 0 bridgehead atoms. The van der Waals surface area contributed by atoms with Crippen molar-refractivity contribution < 1.29 is 28.6 Å². The van der Waals surface area contributed by atoms with E-state index in [2.05, 4.69) is 0 Å². The van der Waals surface area contributed by atoms with Crippen LogP contribution in [0.3, 0.4) is 0 Å². The monoisotopic (exact) mass is 408 g/mol. The maximum Gasteiger partial charge on any atom is 0.336 e. The zero-order valence-corrected chi connectivity index (χ0v) is 16.0. The third-order valence-electron chi connectivity index (χ3n) is 4.51. The number of carbonyl (C=O) groups excluding carboxylic acids is 2. The van der Waals surface area contributed by atoms with Crippen LogP contribution in [0.5, 0.6) is 11.5 Å². The largest absolute Gasteiger partial charge is 0.507 e. The van der Waals surface area contributed by atoms with Crippen molar-refractivity contribution in [2.75, 3.05) is 0 Å². The highest BCUT2D eigenvalue weighted by Gasteiger charge is 2.11. The molecule has 0 unspecified atom stereocenters. The third kappa shape index (κ3) is 3.70. The summed E-state index contributed by atoms with van der Waals surface area (Å²) in [7, 11) is 0. The average molecular weight is 408 g/mol. The first kappa shape index (κ1) is 20.5. The Balaban J connectivity index is 0.000000171. The van der Waals surface area contributed by atoms with Gasteiger partial charge in [-0.05, 0) is 49.2 Å². The van der Waals surface area contributed by atoms with Crippen molar-refractivity contribution in [1.82, 2.24) is 0 Å². The second-order valence-corrected chi connectivity index (χ2v) is 6.48. The Labute approximate surface area is 168 Å². The van der Waals surface area contributed by atoms with Crippen molar-refractivity contribution in [3.05, 3.63) is 79.5 Å². The molecular formula is C22H16O8. The van der Waals surface area contributed by atoms with Gasteiger partial charge in [0.25, 0.3) is 0 Å². The zero-order chi connectivity index (χ0) is 22.0. The van der Waals surface area contributed by atoms with Gasteiger partial charge in [-0.15, -0.1) is 0 Å². The van der Waals surface area contributed by atoms with Crippen LogP contribution in [0.15, 0.2) is 54.8 Å². The molecule has 0 fully saturated rings. The van der Waals surface area contributed by atoms with E-state index in [1.165, 1.54) is 24.3 Å². The van der Waals surface area contributed by atoms with E-state index in [9.17, 15) is 29.4 Å². The molecule has 30 heavy (non-hydrogen) atoms. The van der Waals surface area contributed by atoms with E-state index in [1.54, 1.807) is 26.0 Å². The van der Waals surface area contributed by atoms with Gasteiger partial charge in [-0.1, -0.05) is 0 Å². The van der Waals surface area contributed by atoms with Gasteiger partial charge in [0.2, 0.25) is 0 Å². The predicted molar refractivity (Wildman–Crippen MR) is 109 cm³/mol. The molecule has 0 spiro atoms. The van der Waals surface area contributed by atoms with Gasteiger partial charge >= 0.3 is 11.3 Å². The molecule has 0 saturated heterocycles. The number of aromatic hydroxyl groups is 2. The van der Waals surface area contributed by atoms with Gasteiger partial charge in [0.05, 0.1) is 11.1 Å². The summed E-state index contributed by atoms with van der Waals surface area (Å²) in [6, 6.07) is 8.70. The molecule has 8 heteroatoms. The lowest BCUT2D eigenvalue weighted by Gasteiger charge is -2.03. The van der Waals surface area contributed by atoms with Gasteiger partial charge in [0, 0.05) is 22.9 Å². The number of rotatable bonds is 2. The summed E-state index contributed by atoms with van der Waals surface area (Å²) in [4.78, 5) is 43.7. The highest BCUT2D eigenvalue weighted by Crippen LogP contribution is 2.27. The van der Waals surface area contributed by atoms with E-state index in [0.29, 0.717) is 34.5 Å². The molecule has 4 rings (SSSR count). The molecule has 2 N–H and O–H groups in total. The minimum Gasteiger partial charge on any atom is -0.507 e. The van der Waals surface area contributed by atoms with Crippen LogP contribution >= 0.6 is 0 Å². The fourth-order valence-electron chi connectivity index (χ4n) is 3.02.